The number of rotatable bonds is 6. The topological polar surface area (TPSA) is 65.5 Å². The van der Waals surface area contributed by atoms with Crippen LogP contribution in [0.2, 0.25) is 0 Å². The lowest BCUT2D eigenvalue weighted by atomic mass is 10.1. The second-order valence-corrected chi connectivity index (χ2v) is 8.70. The van der Waals surface area contributed by atoms with E-state index in [4.69, 9.17) is 0 Å². The van der Waals surface area contributed by atoms with Crippen molar-refractivity contribution in [1.82, 2.24) is 10.6 Å². The van der Waals surface area contributed by atoms with Gasteiger partial charge in [0.25, 0.3) is 0 Å². The Labute approximate surface area is 155 Å². The van der Waals surface area contributed by atoms with Crippen LogP contribution in [0.25, 0.3) is 0 Å². The molecule has 0 radical (unpaired) electrons. The summed E-state index contributed by atoms with van der Waals surface area (Å²) in [7, 11) is 1.80. The molecule has 0 spiro atoms. The molecule has 0 aliphatic carbocycles. The summed E-state index contributed by atoms with van der Waals surface area (Å²) in [6.07, 6.45) is 2.56. The van der Waals surface area contributed by atoms with E-state index >= 15 is 0 Å². The first-order valence-corrected chi connectivity index (χ1v) is 9.89. The third-order valence-electron chi connectivity index (χ3n) is 4.36. The molecule has 0 saturated carbocycles. The molecule has 0 aromatic heterocycles. The number of thioether (sulfide) groups is 1. The highest BCUT2D eigenvalue weighted by molar-refractivity contribution is 8.00. The molecule has 5 nitrogen and oxygen atoms in total. The number of hydrogen-bond donors (Lipinski definition) is 3. The minimum atomic E-state index is -0.0179. The summed E-state index contributed by atoms with van der Waals surface area (Å²) in [5.41, 5.74) is 1.98. The molecule has 1 aromatic rings. The van der Waals surface area contributed by atoms with Gasteiger partial charge in [0.15, 0.2) is 5.96 Å². The van der Waals surface area contributed by atoms with Crippen LogP contribution in [0, 0.1) is 5.92 Å². The summed E-state index contributed by atoms with van der Waals surface area (Å²) in [6, 6.07) is 7.90. The predicted octanol–water partition coefficient (Wildman–Crippen LogP) is 3.23. The number of benzene rings is 1. The lowest BCUT2D eigenvalue weighted by Crippen LogP contribution is -2.43. The molecule has 25 heavy (non-hydrogen) atoms. The third kappa shape index (κ3) is 6.27. The Morgan fingerprint density at radius 3 is 2.56 bits per heavy atom. The van der Waals surface area contributed by atoms with Crippen LogP contribution in [0.15, 0.2) is 29.3 Å². The van der Waals surface area contributed by atoms with E-state index < -0.39 is 0 Å². The van der Waals surface area contributed by atoms with Gasteiger partial charge in [-0.05, 0) is 43.2 Å². The maximum Gasteiger partial charge on any atom is 0.226 e. The first kappa shape index (κ1) is 19.6. The predicted molar refractivity (Wildman–Crippen MR) is 108 cm³/mol. The Morgan fingerprint density at radius 1 is 1.28 bits per heavy atom. The molecule has 0 bridgehead atoms. The van der Waals surface area contributed by atoms with Crippen LogP contribution in [-0.4, -0.2) is 36.0 Å². The van der Waals surface area contributed by atoms with Crippen molar-refractivity contribution in [2.45, 2.75) is 44.9 Å². The van der Waals surface area contributed by atoms with Gasteiger partial charge < -0.3 is 16.0 Å². The van der Waals surface area contributed by atoms with Gasteiger partial charge in [0, 0.05) is 36.5 Å². The zero-order valence-corrected chi connectivity index (χ0v) is 16.5. The van der Waals surface area contributed by atoms with E-state index in [-0.39, 0.29) is 11.8 Å². The van der Waals surface area contributed by atoms with Crippen LogP contribution in [0.4, 0.5) is 5.69 Å². The molecule has 1 atom stereocenters. The molecule has 1 heterocycles. The quantitative estimate of drug-likeness (QED) is 0.537. The Bertz CT molecular complexity index is 592. The summed E-state index contributed by atoms with van der Waals surface area (Å²) < 4.78 is 0.313. The van der Waals surface area contributed by atoms with Crippen molar-refractivity contribution in [3.05, 3.63) is 29.8 Å². The second kappa shape index (κ2) is 9.13. The lowest BCUT2D eigenvalue weighted by Gasteiger charge is -2.24. The molecule has 1 aliphatic rings. The van der Waals surface area contributed by atoms with E-state index in [0.29, 0.717) is 11.3 Å². The average Bonchev–Trinajstić information content (AvgIpc) is 3.03. The van der Waals surface area contributed by atoms with Crippen molar-refractivity contribution in [3.8, 4) is 0 Å². The highest BCUT2D eigenvalue weighted by atomic mass is 32.2. The molecular formula is C19H30N4OS. The molecule has 1 aliphatic heterocycles. The zero-order chi connectivity index (χ0) is 18.3. The summed E-state index contributed by atoms with van der Waals surface area (Å²) in [5, 5.41) is 9.68. The minimum Gasteiger partial charge on any atom is -0.355 e. The first-order chi connectivity index (χ1) is 11.9. The first-order valence-electron chi connectivity index (χ1n) is 8.90. The van der Waals surface area contributed by atoms with Gasteiger partial charge in [0.05, 0.1) is 0 Å². The highest BCUT2D eigenvalue weighted by Crippen LogP contribution is 2.36. The van der Waals surface area contributed by atoms with Crippen molar-refractivity contribution in [3.63, 3.8) is 0 Å². The minimum absolute atomic E-state index is 0.0179. The number of guanidine groups is 1. The van der Waals surface area contributed by atoms with Gasteiger partial charge in [-0.2, -0.15) is 11.8 Å². The van der Waals surface area contributed by atoms with Crippen molar-refractivity contribution in [1.29, 1.82) is 0 Å². The highest BCUT2D eigenvalue weighted by Gasteiger charge is 2.29. The molecule has 2 rings (SSSR count). The van der Waals surface area contributed by atoms with Crippen LogP contribution in [0.3, 0.4) is 0 Å². The van der Waals surface area contributed by atoms with Gasteiger partial charge >= 0.3 is 0 Å². The maximum absolute atomic E-state index is 11.7. The third-order valence-corrected chi connectivity index (χ3v) is 5.90. The van der Waals surface area contributed by atoms with Crippen molar-refractivity contribution < 1.29 is 4.79 Å². The zero-order valence-electron chi connectivity index (χ0n) is 15.7. The molecule has 1 fully saturated rings. The summed E-state index contributed by atoms with van der Waals surface area (Å²) in [6.45, 7) is 7.71. The second-order valence-electron chi connectivity index (χ2n) is 7.02. The van der Waals surface area contributed by atoms with E-state index in [1.54, 1.807) is 7.05 Å². The van der Waals surface area contributed by atoms with Gasteiger partial charge in [-0.1, -0.05) is 26.0 Å². The van der Waals surface area contributed by atoms with E-state index in [1.807, 2.05) is 49.9 Å². The van der Waals surface area contributed by atoms with Gasteiger partial charge in [-0.3, -0.25) is 9.79 Å². The van der Waals surface area contributed by atoms with Crippen LogP contribution in [0.1, 0.15) is 39.2 Å². The maximum atomic E-state index is 11.7. The Morgan fingerprint density at radius 2 is 2.00 bits per heavy atom. The molecule has 1 amide bonds. The molecule has 1 aromatic carbocycles. The SMILES string of the molecule is CN=C(NCc1ccc(NC(=O)C(C)C)cc1)NCC1(C)CCCS1. The molecule has 6 heteroatoms. The van der Waals surface area contributed by atoms with E-state index in [1.165, 1.54) is 18.6 Å². The van der Waals surface area contributed by atoms with Crippen molar-refractivity contribution in [2.24, 2.45) is 10.9 Å². The lowest BCUT2D eigenvalue weighted by molar-refractivity contribution is -0.118. The summed E-state index contributed by atoms with van der Waals surface area (Å²) in [4.78, 5) is 16.0. The molecular weight excluding hydrogens is 332 g/mol. The number of amides is 1. The van der Waals surface area contributed by atoms with Crippen LogP contribution >= 0.6 is 11.8 Å². The average molecular weight is 363 g/mol. The van der Waals surface area contributed by atoms with Crippen molar-refractivity contribution >= 4 is 29.3 Å². The number of aliphatic imine (C=N–C) groups is 1. The van der Waals surface area contributed by atoms with E-state index in [9.17, 15) is 4.79 Å². The van der Waals surface area contributed by atoms with E-state index in [0.717, 1.165) is 23.8 Å². The van der Waals surface area contributed by atoms with Gasteiger partial charge in [-0.15, -0.1) is 0 Å². The fraction of sp³-hybridized carbons (Fsp3) is 0.579. The number of carbonyl (C=O) groups is 1. The number of anilines is 1. The monoisotopic (exact) mass is 362 g/mol. The number of carbonyl (C=O) groups excluding carboxylic acids is 1. The summed E-state index contributed by atoms with van der Waals surface area (Å²) >= 11 is 2.04. The van der Waals surface area contributed by atoms with Crippen LogP contribution < -0.4 is 16.0 Å². The number of nitrogens with one attached hydrogen (secondary N) is 3. The smallest absolute Gasteiger partial charge is 0.226 e. The Hall–Kier alpha value is -1.69. The van der Waals surface area contributed by atoms with Gasteiger partial charge in [0.1, 0.15) is 0 Å². The van der Waals surface area contributed by atoms with E-state index in [2.05, 4.69) is 27.9 Å². The Kier molecular flexibility index (Phi) is 7.17. The van der Waals surface area contributed by atoms with Crippen LogP contribution in [-0.2, 0) is 11.3 Å². The van der Waals surface area contributed by atoms with Gasteiger partial charge in [-0.25, -0.2) is 0 Å². The fourth-order valence-electron chi connectivity index (χ4n) is 2.65. The van der Waals surface area contributed by atoms with Crippen molar-refractivity contribution in [2.75, 3.05) is 24.7 Å². The molecule has 1 unspecified atom stereocenters. The molecule has 1 saturated heterocycles. The Balaban J connectivity index is 1.80. The normalized spacial score (nSPS) is 20.6. The fourth-order valence-corrected chi connectivity index (χ4v) is 3.89. The standard InChI is InChI=1S/C19H30N4OS/c1-14(2)17(24)23-16-8-6-15(7-9-16)12-21-18(20-4)22-13-19(3)10-5-11-25-19/h6-9,14H,5,10-13H2,1-4H3,(H,23,24)(H2,20,21,22). The summed E-state index contributed by atoms with van der Waals surface area (Å²) in [5.74, 6) is 2.10. The largest absolute Gasteiger partial charge is 0.355 e. The molecule has 138 valence electrons. The van der Waals surface area contributed by atoms with Crippen LogP contribution in [0.5, 0.6) is 0 Å². The van der Waals surface area contributed by atoms with Gasteiger partial charge in [0.2, 0.25) is 5.91 Å². The number of nitrogens with zero attached hydrogens (tertiary/aromatic N) is 1. The molecule has 3 N–H and O–H groups in total. The number of hydrogen-bond acceptors (Lipinski definition) is 3.